The number of aliphatic hydroxyl groups excluding tert-OH is 1. The first-order valence-electron chi connectivity index (χ1n) is 12.0. The monoisotopic (exact) mass is 474 g/mol. The van der Waals surface area contributed by atoms with E-state index in [9.17, 15) is 19.5 Å². The number of piperidine rings is 1. The van der Waals surface area contributed by atoms with Gasteiger partial charge in [0.25, 0.3) is 0 Å². The average Bonchev–Trinajstić information content (AvgIpc) is 2.79. The number of hydrogen-bond donors (Lipinski definition) is 3. The number of methoxy groups -OCH3 is 1. The molecule has 1 fully saturated rings. The molecule has 188 valence electrons. The van der Waals surface area contributed by atoms with Gasteiger partial charge < -0.3 is 30.7 Å². The first-order chi connectivity index (χ1) is 16.1. The molecule has 2 aliphatic heterocycles. The Morgan fingerprint density at radius 3 is 2.74 bits per heavy atom. The molecule has 0 saturated carbocycles. The van der Waals surface area contributed by atoms with Crippen LogP contribution in [0.1, 0.15) is 51.5 Å². The van der Waals surface area contributed by atoms with E-state index in [1.807, 2.05) is 38.1 Å². The molecule has 34 heavy (non-hydrogen) atoms. The standard InChI is InChI=1S/C25H38N4O5/c1-25(2,13-19(26)21(30)16-28-11-7-6-10-22(28)31)14-23(32)29-15-18(27-24(33)34-3)12-17-8-4-5-9-20(17)29/h4-5,8-9,18-19,21,30H,6-7,10-16,26H2,1-3H3,(H,27,33)/t18?,19-,21-/m0/s1. The number of aliphatic hydroxyl groups is 1. The summed E-state index contributed by atoms with van der Waals surface area (Å²) in [6, 6.07) is 6.88. The van der Waals surface area contributed by atoms with E-state index in [0.717, 1.165) is 24.1 Å². The molecule has 2 heterocycles. The number of alkyl carbamates (subject to hydrolysis) is 1. The van der Waals surface area contributed by atoms with E-state index in [4.69, 9.17) is 10.5 Å². The van der Waals surface area contributed by atoms with E-state index in [1.54, 1.807) is 9.80 Å². The van der Waals surface area contributed by atoms with Crippen molar-refractivity contribution in [3.8, 4) is 0 Å². The SMILES string of the molecule is COC(=O)NC1Cc2ccccc2N(C(=O)CC(C)(C)C[C@H](N)[C@@H](O)CN2CCCCC2=O)C1. The van der Waals surface area contributed by atoms with Crippen molar-refractivity contribution in [2.24, 2.45) is 11.1 Å². The molecule has 3 rings (SSSR count). The first-order valence-corrected chi connectivity index (χ1v) is 12.0. The lowest BCUT2D eigenvalue weighted by Crippen LogP contribution is -2.51. The Hall–Kier alpha value is -2.65. The Morgan fingerprint density at radius 2 is 2.03 bits per heavy atom. The number of carbonyl (C=O) groups is 3. The summed E-state index contributed by atoms with van der Waals surface area (Å²) in [5, 5.41) is 13.4. The van der Waals surface area contributed by atoms with E-state index < -0.39 is 23.7 Å². The maximum absolute atomic E-state index is 13.4. The van der Waals surface area contributed by atoms with Gasteiger partial charge in [-0.15, -0.1) is 0 Å². The molecular weight excluding hydrogens is 436 g/mol. The van der Waals surface area contributed by atoms with Crippen molar-refractivity contribution in [3.63, 3.8) is 0 Å². The molecule has 9 heteroatoms. The molecule has 0 spiro atoms. The lowest BCUT2D eigenvalue weighted by Gasteiger charge is -2.37. The van der Waals surface area contributed by atoms with Crippen LogP contribution in [0.4, 0.5) is 10.5 Å². The Morgan fingerprint density at radius 1 is 1.29 bits per heavy atom. The number of rotatable bonds is 8. The number of anilines is 1. The zero-order valence-corrected chi connectivity index (χ0v) is 20.5. The second kappa shape index (κ2) is 11.2. The summed E-state index contributed by atoms with van der Waals surface area (Å²) < 4.78 is 4.73. The second-order valence-corrected chi connectivity index (χ2v) is 10.2. The van der Waals surface area contributed by atoms with Gasteiger partial charge in [-0.1, -0.05) is 32.0 Å². The van der Waals surface area contributed by atoms with Crippen LogP contribution in [0.2, 0.25) is 0 Å². The molecule has 0 bridgehead atoms. The van der Waals surface area contributed by atoms with Crippen LogP contribution in [0.25, 0.3) is 0 Å². The molecule has 1 saturated heterocycles. The van der Waals surface area contributed by atoms with Crippen molar-refractivity contribution in [1.29, 1.82) is 0 Å². The number of nitrogens with one attached hydrogen (secondary N) is 1. The Labute approximate surface area is 201 Å². The number of nitrogens with two attached hydrogens (primary N) is 1. The minimum atomic E-state index is -0.847. The lowest BCUT2D eigenvalue weighted by atomic mass is 9.80. The average molecular weight is 475 g/mol. The molecule has 3 amide bonds. The molecule has 0 radical (unpaired) electrons. The van der Waals surface area contributed by atoms with Gasteiger partial charge in [0.15, 0.2) is 0 Å². The normalized spacial score (nSPS) is 20.4. The summed E-state index contributed by atoms with van der Waals surface area (Å²) >= 11 is 0. The van der Waals surface area contributed by atoms with Crippen molar-refractivity contribution in [3.05, 3.63) is 29.8 Å². The number of β-amino-alcohol motifs (C(OH)–C–C–N with tert-alkyl or cyclic N) is 1. The van der Waals surface area contributed by atoms with Crippen LogP contribution in [0.3, 0.4) is 0 Å². The number of hydrogen-bond acceptors (Lipinski definition) is 6. The van der Waals surface area contributed by atoms with Crippen LogP contribution in [0, 0.1) is 5.41 Å². The smallest absolute Gasteiger partial charge is 0.407 e. The maximum atomic E-state index is 13.4. The van der Waals surface area contributed by atoms with Gasteiger partial charge in [-0.3, -0.25) is 9.59 Å². The number of ether oxygens (including phenoxy) is 1. The Balaban J connectivity index is 1.63. The number of benzene rings is 1. The van der Waals surface area contributed by atoms with E-state index in [-0.39, 0.29) is 30.8 Å². The van der Waals surface area contributed by atoms with Gasteiger partial charge >= 0.3 is 6.09 Å². The maximum Gasteiger partial charge on any atom is 0.407 e. The van der Waals surface area contributed by atoms with Crippen LogP contribution in [-0.2, 0) is 20.7 Å². The van der Waals surface area contributed by atoms with Crippen molar-refractivity contribution in [2.45, 2.75) is 70.6 Å². The quantitative estimate of drug-likeness (QED) is 0.528. The second-order valence-electron chi connectivity index (χ2n) is 10.2. The molecule has 9 nitrogen and oxygen atoms in total. The third-order valence-electron chi connectivity index (χ3n) is 6.70. The van der Waals surface area contributed by atoms with Crippen LogP contribution >= 0.6 is 0 Å². The van der Waals surface area contributed by atoms with Gasteiger partial charge in [0.1, 0.15) is 0 Å². The predicted octanol–water partition coefficient (Wildman–Crippen LogP) is 1.81. The molecule has 0 aliphatic carbocycles. The van der Waals surface area contributed by atoms with Crippen LogP contribution in [0.15, 0.2) is 24.3 Å². The number of fused-ring (bicyclic) bond motifs is 1. The van der Waals surface area contributed by atoms with Crippen LogP contribution in [0.5, 0.6) is 0 Å². The highest BCUT2D eigenvalue weighted by Gasteiger charge is 2.34. The van der Waals surface area contributed by atoms with Gasteiger partial charge in [-0.2, -0.15) is 0 Å². The van der Waals surface area contributed by atoms with Gasteiger partial charge in [0, 0.05) is 44.2 Å². The van der Waals surface area contributed by atoms with Crippen molar-refractivity contribution < 1.29 is 24.2 Å². The zero-order chi connectivity index (χ0) is 24.9. The van der Waals surface area contributed by atoms with Gasteiger partial charge in [0.2, 0.25) is 11.8 Å². The minimum absolute atomic E-state index is 0.0609. The summed E-state index contributed by atoms with van der Waals surface area (Å²) in [4.78, 5) is 40.6. The molecule has 1 aromatic rings. The van der Waals surface area contributed by atoms with Gasteiger partial charge in [-0.05, 0) is 42.7 Å². The zero-order valence-electron chi connectivity index (χ0n) is 20.5. The fourth-order valence-corrected chi connectivity index (χ4v) is 4.92. The van der Waals surface area contributed by atoms with Gasteiger partial charge in [-0.25, -0.2) is 4.79 Å². The molecule has 1 aromatic carbocycles. The highest BCUT2D eigenvalue weighted by molar-refractivity contribution is 5.95. The number of nitrogens with zero attached hydrogens (tertiary/aromatic N) is 2. The number of carbonyl (C=O) groups excluding carboxylic acids is 3. The Kier molecular flexibility index (Phi) is 8.54. The Bertz CT molecular complexity index is 890. The summed E-state index contributed by atoms with van der Waals surface area (Å²) in [6.45, 7) is 5.16. The van der Waals surface area contributed by atoms with E-state index in [0.29, 0.717) is 32.4 Å². The molecule has 1 unspecified atom stereocenters. The number of para-hydroxylation sites is 1. The summed E-state index contributed by atoms with van der Waals surface area (Å²) in [5.74, 6) is -0.00691. The largest absolute Gasteiger partial charge is 0.453 e. The lowest BCUT2D eigenvalue weighted by molar-refractivity contribution is -0.135. The van der Waals surface area contributed by atoms with Crippen molar-refractivity contribution >= 4 is 23.6 Å². The van der Waals surface area contributed by atoms with Crippen LogP contribution in [-0.4, -0.2) is 72.8 Å². The van der Waals surface area contributed by atoms with E-state index in [2.05, 4.69) is 5.32 Å². The minimum Gasteiger partial charge on any atom is -0.453 e. The molecule has 0 aromatic heterocycles. The van der Waals surface area contributed by atoms with E-state index >= 15 is 0 Å². The van der Waals surface area contributed by atoms with Crippen molar-refractivity contribution in [2.75, 3.05) is 31.6 Å². The first kappa shape index (κ1) is 26.0. The summed E-state index contributed by atoms with van der Waals surface area (Å²) in [7, 11) is 1.32. The van der Waals surface area contributed by atoms with E-state index in [1.165, 1.54) is 7.11 Å². The number of amides is 3. The highest BCUT2D eigenvalue weighted by Crippen LogP contribution is 2.33. The third-order valence-corrected chi connectivity index (χ3v) is 6.70. The van der Waals surface area contributed by atoms with Crippen LogP contribution < -0.4 is 16.0 Å². The number of likely N-dealkylation sites (tertiary alicyclic amines) is 1. The molecule has 2 aliphatic rings. The molecule has 3 atom stereocenters. The summed E-state index contributed by atoms with van der Waals surface area (Å²) in [5.41, 5.74) is 7.68. The molecular formula is C25H38N4O5. The van der Waals surface area contributed by atoms with Crippen molar-refractivity contribution in [1.82, 2.24) is 10.2 Å². The molecule has 4 N–H and O–H groups in total. The van der Waals surface area contributed by atoms with Gasteiger partial charge in [0.05, 0.1) is 19.3 Å². The predicted molar refractivity (Wildman–Crippen MR) is 129 cm³/mol. The topological polar surface area (TPSA) is 125 Å². The summed E-state index contributed by atoms with van der Waals surface area (Å²) in [6.07, 6.45) is 2.26. The fraction of sp³-hybridized carbons (Fsp3) is 0.640. The fourth-order valence-electron chi connectivity index (χ4n) is 4.92. The third kappa shape index (κ3) is 6.70. The highest BCUT2D eigenvalue weighted by atomic mass is 16.5.